The van der Waals surface area contributed by atoms with E-state index in [1.165, 1.54) is 0 Å². The van der Waals surface area contributed by atoms with Gasteiger partial charge >= 0.3 is 0 Å². The normalized spacial score (nSPS) is 30.9. The van der Waals surface area contributed by atoms with Crippen LogP contribution in [0, 0.1) is 4.78 Å². The second-order valence-electron chi connectivity index (χ2n) is 8.79. The van der Waals surface area contributed by atoms with Crippen molar-refractivity contribution in [1.29, 1.82) is 4.78 Å². The Hall–Kier alpha value is -2.50. The van der Waals surface area contributed by atoms with Crippen LogP contribution in [0.15, 0.2) is 36.4 Å². The van der Waals surface area contributed by atoms with E-state index in [1.54, 1.807) is 6.07 Å². The predicted octanol–water partition coefficient (Wildman–Crippen LogP) is 3.02. The van der Waals surface area contributed by atoms with Gasteiger partial charge in [-0.05, 0) is 23.6 Å². The minimum absolute atomic E-state index is 0.233. The summed E-state index contributed by atoms with van der Waals surface area (Å²) in [6.45, 7) is 0.543. The van der Waals surface area contributed by atoms with Crippen LogP contribution < -0.4 is 4.74 Å². The number of aromatic amines is 1. The Bertz CT molecular complexity index is 1390. The lowest BCUT2D eigenvalue weighted by Crippen LogP contribution is -2.34. The number of H-pyrrole nitrogens is 1. The molecule has 5 heterocycles. The van der Waals surface area contributed by atoms with Crippen LogP contribution >= 0.6 is 11.6 Å². The van der Waals surface area contributed by atoms with Crippen LogP contribution in [0.5, 0.6) is 6.01 Å². The summed E-state index contributed by atoms with van der Waals surface area (Å²) in [5.74, 6) is 0.704. The minimum atomic E-state index is -2.46. The highest BCUT2D eigenvalue weighted by Gasteiger charge is 2.48. The van der Waals surface area contributed by atoms with Gasteiger partial charge in [-0.15, -0.1) is 0 Å². The Balaban J connectivity index is 1.23. The molecule has 0 bridgehead atoms. The molecule has 6 rings (SSSR count). The summed E-state index contributed by atoms with van der Waals surface area (Å²) in [7, 11) is -2.46. The standard InChI is InChI=1S/C23H23ClN4O5S/c24-15-9-16-22(28-23(26-16)33-18-11-32-20-17(29)10-31-21(18)20)27-19(15)14-3-1-12(2-4-14)13-5-7-34(25,30)8-6-13/h1-5,9,17-18,20-21,25,29H,6-8,10-11H2,(H,26,27,28)/t17-,18-,20-,21-,34?/m1/s1. The molecule has 0 aliphatic carbocycles. The number of benzene rings is 1. The number of fused-ring (bicyclic) bond motifs is 2. The third-order valence-corrected chi connectivity index (χ3v) is 8.33. The fourth-order valence-corrected chi connectivity index (χ4v) is 6.08. The molecular weight excluding hydrogens is 480 g/mol. The minimum Gasteiger partial charge on any atom is -0.456 e. The Kier molecular flexibility index (Phi) is 5.38. The van der Waals surface area contributed by atoms with Gasteiger partial charge in [-0.25, -0.2) is 9.19 Å². The molecule has 1 unspecified atom stereocenters. The smallest absolute Gasteiger partial charge is 0.296 e. The number of imidazole rings is 1. The van der Waals surface area contributed by atoms with Gasteiger partial charge < -0.3 is 19.3 Å². The molecule has 34 heavy (non-hydrogen) atoms. The van der Waals surface area contributed by atoms with Gasteiger partial charge in [0.2, 0.25) is 0 Å². The molecule has 3 aromatic rings. The number of halogens is 1. The van der Waals surface area contributed by atoms with Crippen molar-refractivity contribution in [2.24, 2.45) is 0 Å². The number of aliphatic hydroxyl groups is 1. The fourth-order valence-electron chi connectivity index (χ4n) is 4.64. The molecule has 9 nitrogen and oxygen atoms in total. The molecule has 11 heteroatoms. The molecule has 3 N–H and O–H groups in total. The summed E-state index contributed by atoms with van der Waals surface area (Å²) in [6.07, 6.45) is 0.824. The first-order chi connectivity index (χ1) is 16.4. The third kappa shape index (κ3) is 3.99. The maximum absolute atomic E-state index is 11.9. The zero-order valence-electron chi connectivity index (χ0n) is 18.1. The molecule has 0 radical (unpaired) electrons. The van der Waals surface area contributed by atoms with Gasteiger partial charge in [-0.3, -0.25) is 9.76 Å². The number of nitrogens with zero attached hydrogens (tertiary/aromatic N) is 2. The number of aliphatic hydroxyl groups excluding tert-OH is 1. The monoisotopic (exact) mass is 502 g/mol. The van der Waals surface area contributed by atoms with Gasteiger partial charge in [0.1, 0.15) is 23.8 Å². The molecule has 0 spiro atoms. The van der Waals surface area contributed by atoms with Crippen molar-refractivity contribution >= 4 is 38.1 Å². The van der Waals surface area contributed by atoms with E-state index >= 15 is 0 Å². The maximum atomic E-state index is 11.9. The van der Waals surface area contributed by atoms with Gasteiger partial charge in [-0.2, -0.15) is 4.98 Å². The van der Waals surface area contributed by atoms with Crippen molar-refractivity contribution in [2.45, 2.75) is 30.8 Å². The molecule has 5 atom stereocenters. The summed E-state index contributed by atoms with van der Waals surface area (Å²) >= 11 is 6.54. The summed E-state index contributed by atoms with van der Waals surface area (Å²) in [4.78, 5) is 12.2. The Morgan fingerprint density at radius 3 is 2.68 bits per heavy atom. The van der Waals surface area contributed by atoms with Crippen LogP contribution in [0.4, 0.5) is 0 Å². The second kappa shape index (κ2) is 8.31. The van der Waals surface area contributed by atoms with Crippen LogP contribution in [-0.2, 0) is 19.2 Å². The van der Waals surface area contributed by atoms with Crippen LogP contribution in [0.2, 0.25) is 5.02 Å². The number of hydrogen-bond donors (Lipinski definition) is 3. The fraction of sp³-hybridized carbons (Fsp3) is 0.391. The van der Waals surface area contributed by atoms with Crippen LogP contribution in [0.25, 0.3) is 28.0 Å². The van der Waals surface area contributed by atoms with E-state index in [-0.39, 0.29) is 24.9 Å². The number of pyridine rings is 1. The van der Waals surface area contributed by atoms with Gasteiger partial charge in [0.25, 0.3) is 6.01 Å². The lowest BCUT2D eigenvalue weighted by molar-refractivity contribution is 0.00706. The highest BCUT2D eigenvalue weighted by atomic mass is 35.5. The van der Waals surface area contributed by atoms with E-state index in [0.29, 0.717) is 52.4 Å². The first kappa shape index (κ1) is 22.0. The summed E-state index contributed by atoms with van der Waals surface area (Å²) in [5, 5.41) is 10.4. The Morgan fingerprint density at radius 1 is 1.15 bits per heavy atom. The number of ether oxygens (including phenoxy) is 3. The lowest BCUT2D eigenvalue weighted by atomic mass is 10.0. The number of allylic oxidation sites excluding steroid dienone is 1. The number of hydrogen-bond acceptors (Lipinski definition) is 8. The average molecular weight is 503 g/mol. The highest BCUT2D eigenvalue weighted by Crippen LogP contribution is 2.33. The molecule has 0 amide bonds. The van der Waals surface area contributed by atoms with E-state index in [4.69, 9.17) is 30.6 Å². The SMILES string of the molecule is N=S1(=O)CC=C(c2ccc(-c3nc4[nH]c(O[C@@H]5CO[C@H]6[C@@H]5OC[C@H]6O)nc4cc3Cl)cc2)CC1. The second-order valence-corrected chi connectivity index (χ2v) is 11.6. The van der Waals surface area contributed by atoms with Crippen LogP contribution in [-0.4, -0.2) is 73.4 Å². The lowest BCUT2D eigenvalue weighted by Gasteiger charge is -2.16. The Morgan fingerprint density at radius 2 is 1.91 bits per heavy atom. The van der Waals surface area contributed by atoms with Crippen molar-refractivity contribution in [3.05, 3.63) is 47.0 Å². The van der Waals surface area contributed by atoms with Crippen molar-refractivity contribution < 1.29 is 23.5 Å². The molecule has 178 valence electrons. The van der Waals surface area contributed by atoms with E-state index in [0.717, 1.165) is 16.7 Å². The molecule has 2 aromatic heterocycles. The molecule has 2 saturated heterocycles. The third-order valence-electron chi connectivity index (χ3n) is 6.48. The quantitative estimate of drug-likeness (QED) is 0.499. The van der Waals surface area contributed by atoms with Gasteiger partial charge in [0.15, 0.2) is 11.8 Å². The largest absolute Gasteiger partial charge is 0.456 e. The first-order valence-corrected chi connectivity index (χ1v) is 13.3. The van der Waals surface area contributed by atoms with Crippen molar-refractivity contribution in [3.8, 4) is 17.3 Å². The molecule has 1 aromatic carbocycles. The average Bonchev–Trinajstić information content (AvgIpc) is 3.50. The summed E-state index contributed by atoms with van der Waals surface area (Å²) < 4.78 is 36.8. The van der Waals surface area contributed by atoms with Crippen molar-refractivity contribution in [2.75, 3.05) is 24.7 Å². The zero-order valence-corrected chi connectivity index (χ0v) is 19.6. The summed E-state index contributed by atoms with van der Waals surface area (Å²) in [6, 6.07) is 9.93. The number of aromatic nitrogens is 3. The topological polar surface area (TPSA) is 130 Å². The molecular formula is C23H23ClN4O5S. The van der Waals surface area contributed by atoms with Gasteiger partial charge in [0.05, 0.1) is 29.7 Å². The predicted molar refractivity (Wildman–Crippen MR) is 127 cm³/mol. The van der Waals surface area contributed by atoms with E-state index in [2.05, 4.69) is 15.0 Å². The van der Waals surface area contributed by atoms with E-state index in [9.17, 15) is 9.32 Å². The number of nitrogens with one attached hydrogen (secondary N) is 2. The van der Waals surface area contributed by atoms with Crippen molar-refractivity contribution in [1.82, 2.24) is 15.0 Å². The molecule has 2 fully saturated rings. The Labute approximate surface area is 201 Å². The maximum Gasteiger partial charge on any atom is 0.296 e. The van der Waals surface area contributed by atoms with Crippen LogP contribution in [0.3, 0.4) is 0 Å². The van der Waals surface area contributed by atoms with Gasteiger partial charge in [-0.1, -0.05) is 41.9 Å². The van der Waals surface area contributed by atoms with E-state index in [1.807, 2.05) is 30.3 Å². The molecule has 0 saturated carbocycles. The molecule has 3 aliphatic heterocycles. The van der Waals surface area contributed by atoms with E-state index < -0.39 is 15.8 Å². The van der Waals surface area contributed by atoms with Crippen molar-refractivity contribution in [3.63, 3.8) is 0 Å². The zero-order chi connectivity index (χ0) is 23.4. The number of rotatable bonds is 4. The summed E-state index contributed by atoms with van der Waals surface area (Å²) in [5.41, 5.74) is 4.75. The van der Waals surface area contributed by atoms with Crippen LogP contribution in [0.1, 0.15) is 12.0 Å². The van der Waals surface area contributed by atoms with Gasteiger partial charge in [0, 0.05) is 21.0 Å². The highest BCUT2D eigenvalue weighted by molar-refractivity contribution is 7.92. The first-order valence-electron chi connectivity index (χ1n) is 11.0. The molecule has 3 aliphatic rings.